The molecule has 5 rings (SSSR count). The zero-order valence-electron chi connectivity index (χ0n) is 20.2. The molecule has 2 amide bonds. The van der Waals surface area contributed by atoms with Crippen molar-refractivity contribution < 1.29 is 4.79 Å². The van der Waals surface area contributed by atoms with Gasteiger partial charge in [0.25, 0.3) is 5.56 Å². The average molecular weight is 505 g/mol. The maximum absolute atomic E-state index is 13.0. The van der Waals surface area contributed by atoms with Crippen LogP contribution in [0.2, 0.25) is 5.02 Å². The van der Waals surface area contributed by atoms with Crippen molar-refractivity contribution in [2.45, 2.75) is 25.6 Å². The Bertz CT molecular complexity index is 1410. The third-order valence-electron chi connectivity index (χ3n) is 6.82. The van der Waals surface area contributed by atoms with Gasteiger partial charge in [0.15, 0.2) is 0 Å². The van der Waals surface area contributed by atoms with Crippen LogP contribution in [-0.2, 0) is 19.5 Å². The zero-order valence-corrected chi connectivity index (χ0v) is 20.9. The highest BCUT2D eigenvalue weighted by atomic mass is 35.5. The van der Waals surface area contributed by atoms with Crippen LogP contribution in [0.5, 0.6) is 0 Å². The van der Waals surface area contributed by atoms with E-state index in [9.17, 15) is 9.59 Å². The van der Waals surface area contributed by atoms with Crippen molar-refractivity contribution in [1.82, 2.24) is 29.9 Å². The topological polar surface area (TPSA) is 86.3 Å². The molecule has 2 N–H and O–H groups in total. The fourth-order valence-electron chi connectivity index (χ4n) is 4.64. The lowest BCUT2D eigenvalue weighted by Gasteiger charge is -2.39. The van der Waals surface area contributed by atoms with E-state index in [2.05, 4.69) is 51.7 Å². The van der Waals surface area contributed by atoms with Crippen LogP contribution < -0.4 is 10.9 Å². The predicted molar refractivity (Wildman–Crippen MR) is 141 cm³/mol. The van der Waals surface area contributed by atoms with E-state index in [0.717, 1.165) is 35.1 Å². The van der Waals surface area contributed by atoms with Gasteiger partial charge in [-0.05, 0) is 48.9 Å². The first-order valence-corrected chi connectivity index (χ1v) is 12.4. The summed E-state index contributed by atoms with van der Waals surface area (Å²) >= 11 is 6.12. The third kappa shape index (κ3) is 5.45. The van der Waals surface area contributed by atoms with Crippen molar-refractivity contribution in [2.24, 2.45) is 0 Å². The van der Waals surface area contributed by atoms with Crippen LogP contribution in [0.3, 0.4) is 0 Å². The van der Waals surface area contributed by atoms with Gasteiger partial charge in [0.05, 0.1) is 24.3 Å². The van der Waals surface area contributed by atoms with Gasteiger partial charge < -0.3 is 14.8 Å². The van der Waals surface area contributed by atoms with Gasteiger partial charge in [0.1, 0.15) is 0 Å². The van der Waals surface area contributed by atoms with Crippen molar-refractivity contribution >= 4 is 28.5 Å². The molecule has 1 unspecified atom stereocenters. The number of fused-ring (bicyclic) bond motifs is 1. The summed E-state index contributed by atoms with van der Waals surface area (Å²) in [5.74, 6) is 0. The fraction of sp³-hybridized carbons (Fsp3) is 0.296. The average Bonchev–Trinajstić information content (AvgIpc) is 3.28. The molecule has 0 radical (unpaired) electrons. The number of nitrogens with one attached hydrogen (secondary N) is 2. The molecule has 1 aliphatic rings. The molecule has 186 valence electrons. The van der Waals surface area contributed by atoms with Crippen LogP contribution in [0.25, 0.3) is 10.9 Å². The van der Waals surface area contributed by atoms with Gasteiger partial charge in [-0.3, -0.25) is 14.8 Å². The smallest absolute Gasteiger partial charge is 0.317 e. The van der Waals surface area contributed by atoms with E-state index in [-0.39, 0.29) is 17.6 Å². The first kappa shape index (κ1) is 24.1. The Morgan fingerprint density at radius 3 is 2.72 bits per heavy atom. The molecule has 0 spiro atoms. The Balaban J connectivity index is 1.18. The van der Waals surface area contributed by atoms with Gasteiger partial charge >= 0.3 is 6.03 Å². The minimum Gasteiger partial charge on any atom is -0.332 e. The van der Waals surface area contributed by atoms with E-state index < -0.39 is 0 Å². The Labute approximate surface area is 214 Å². The van der Waals surface area contributed by atoms with Gasteiger partial charge in [-0.25, -0.2) is 4.79 Å². The lowest BCUT2D eigenvalue weighted by atomic mass is 10.0. The van der Waals surface area contributed by atoms with E-state index >= 15 is 0 Å². The van der Waals surface area contributed by atoms with Crippen molar-refractivity contribution in [3.8, 4) is 0 Å². The number of aromatic amines is 1. The van der Waals surface area contributed by atoms with Crippen molar-refractivity contribution in [2.75, 3.05) is 26.7 Å². The number of likely N-dealkylation sites (N-methyl/N-ethyl adjacent to an activating group) is 1. The molecule has 1 atom stereocenters. The van der Waals surface area contributed by atoms with Crippen LogP contribution in [-0.4, -0.2) is 63.3 Å². The molecular weight excluding hydrogens is 476 g/mol. The maximum atomic E-state index is 13.0. The molecule has 36 heavy (non-hydrogen) atoms. The molecule has 3 heterocycles. The third-order valence-corrected chi connectivity index (χ3v) is 7.06. The highest BCUT2D eigenvalue weighted by molar-refractivity contribution is 6.31. The monoisotopic (exact) mass is 504 g/mol. The van der Waals surface area contributed by atoms with E-state index in [1.165, 1.54) is 5.56 Å². The summed E-state index contributed by atoms with van der Waals surface area (Å²) in [6.45, 7) is 3.03. The molecule has 0 saturated carbocycles. The summed E-state index contributed by atoms with van der Waals surface area (Å²) in [7, 11) is 2.11. The minimum atomic E-state index is -0.0880. The normalized spacial score (nSPS) is 16.4. The second-order valence-electron chi connectivity index (χ2n) is 9.29. The van der Waals surface area contributed by atoms with Crippen LogP contribution in [0, 0.1) is 0 Å². The van der Waals surface area contributed by atoms with Gasteiger partial charge in [0, 0.05) is 48.3 Å². The van der Waals surface area contributed by atoms with Crippen LogP contribution in [0.4, 0.5) is 4.79 Å². The largest absolute Gasteiger partial charge is 0.332 e. The second-order valence-corrected chi connectivity index (χ2v) is 9.72. The first-order valence-electron chi connectivity index (χ1n) is 12.0. The number of aromatic nitrogens is 3. The zero-order chi connectivity index (χ0) is 25.1. The predicted octanol–water partition coefficient (Wildman–Crippen LogP) is 3.49. The molecule has 4 aromatic rings. The lowest BCUT2D eigenvalue weighted by Crippen LogP contribution is -2.56. The van der Waals surface area contributed by atoms with E-state index in [0.29, 0.717) is 31.2 Å². The van der Waals surface area contributed by atoms with E-state index in [1.807, 2.05) is 29.2 Å². The number of hydrogen-bond donors (Lipinski definition) is 2. The second kappa shape index (κ2) is 10.6. The van der Waals surface area contributed by atoms with Crippen LogP contribution in [0.1, 0.15) is 16.8 Å². The summed E-state index contributed by atoms with van der Waals surface area (Å²) in [4.78, 5) is 29.1. The van der Waals surface area contributed by atoms with Gasteiger partial charge in [-0.15, -0.1) is 0 Å². The molecule has 1 fully saturated rings. The fourth-order valence-corrected chi connectivity index (χ4v) is 4.81. The van der Waals surface area contributed by atoms with E-state index in [4.69, 9.17) is 11.6 Å². The number of piperazine rings is 1. The molecular formula is C27H29ClN6O2. The Morgan fingerprint density at radius 2 is 1.92 bits per heavy atom. The molecule has 2 aromatic carbocycles. The lowest BCUT2D eigenvalue weighted by molar-refractivity contribution is 0.109. The summed E-state index contributed by atoms with van der Waals surface area (Å²) in [5, 5.41) is 11.9. The van der Waals surface area contributed by atoms with Crippen molar-refractivity contribution in [1.29, 1.82) is 0 Å². The summed E-state index contributed by atoms with van der Waals surface area (Å²) in [6.07, 6.45) is 2.64. The number of rotatable bonds is 6. The Morgan fingerprint density at radius 1 is 1.11 bits per heavy atom. The van der Waals surface area contributed by atoms with Gasteiger partial charge in [-0.1, -0.05) is 41.9 Å². The number of carbonyl (C=O) groups is 1. The number of hydrogen-bond acceptors (Lipinski definition) is 4. The number of carbonyl (C=O) groups excluding carboxylic acids is 1. The number of pyridine rings is 1. The summed E-state index contributed by atoms with van der Waals surface area (Å²) in [6, 6.07) is 19.2. The molecule has 9 heteroatoms. The van der Waals surface area contributed by atoms with Gasteiger partial charge in [-0.2, -0.15) is 5.10 Å². The molecule has 8 nitrogen and oxygen atoms in total. The van der Waals surface area contributed by atoms with Crippen LogP contribution >= 0.6 is 11.6 Å². The number of nitrogens with zero attached hydrogens (tertiary/aromatic N) is 4. The number of halogens is 1. The quantitative estimate of drug-likeness (QED) is 0.421. The highest BCUT2D eigenvalue weighted by Crippen LogP contribution is 2.21. The Kier molecular flexibility index (Phi) is 7.06. The molecule has 1 aliphatic heterocycles. The summed E-state index contributed by atoms with van der Waals surface area (Å²) < 4.78 is 1.70. The van der Waals surface area contributed by atoms with Crippen molar-refractivity contribution in [3.63, 3.8) is 0 Å². The molecule has 0 bridgehead atoms. The standard InChI is InChI=1S/C27H29ClN6O2/c1-32-12-13-34(27(36)29-16-25-23-15-21(28)9-10-24(23)30-31-25)18-22(32)14-19-5-7-20(8-6-19)17-33-11-3-2-4-26(33)35/h2-11,15,22H,12-14,16-18H2,1H3,(H,29,36)(H,30,31). The van der Waals surface area contributed by atoms with Crippen LogP contribution in [0.15, 0.2) is 71.7 Å². The van der Waals surface area contributed by atoms with E-state index in [1.54, 1.807) is 22.9 Å². The molecule has 1 saturated heterocycles. The number of urea groups is 1. The maximum Gasteiger partial charge on any atom is 0.317 e. The highest BCUT2D eigenvalue weighted by Gasteiger charge is 2.27. The minimum absolute atomic E-state index is 0.00644. The molecule has 2 aromatic heterocycles. The number of H-pyrrole nitrogens is 1. The van der Waals surface area contributed by atoms with Gasteiger partial charge in [0.2, 0.25) is 0 Å². The molecule has 0 aliphatic carbocycles. The number of amides is 2. The Hall–Kier alpha value is -3.62. The first-order chi connectivity index (χ1) is 17.5. The number of benzene rings is 2. The summed E-state index contributed by atoms with van der Waals surface area (Å²) in [5.41, 5.74) is 3.94. The van der Waals surface area contributed by atoms with Crippen molar-refractivity contribution in [3.05, 3.63) is 99.1 Å². The SMILES string of the molecule is CN1CCN(C(=O)NCc2n[nH]c3ccc(Cl)cc23)CC1Cc1ccc(Cn2ccccc2=O)cc1.